The number of aromatic nitrogens is 4. The Balaban J connectivity index is 1.56. The molecule has 1 atom stereocenters. The van der Waals surface area contributed by atoms with Gasteiger partial charge in [-0.05, 0) is 40.9 Å². The van der Waals surface area contributed by atoms with Crippen LogP contribution in [0.4, 0.5) is 0 Å². The van der Waals surface area contributed by atoms with Crippen molar-refractivity contribution in [3.63, 3.8) is 0 Å². The van der Waals surface area contributed by atoms with Crippen LogP contribution in [0.2, 0.25) is 0 Å². The van der Waals surface area contributed by atoms with Crippen LogP contribution >= 0.6 is 11.3 Å². The van der Waals surface area contributed by atoms with Crippen LogP contribution in [-0.4, -0.2) is 43.9 Å². The number of aliphatic hydroxyl groups excluding tert-OH is 1. The zero-order valence-corrected chi connectivity index (χ0v) is 13.7. The van der Waals surface area contributed by atoms with Crippen molar-refractivity contribution in [2.45, 2.75) is 6.42 Å². The standard InChI is InChI=1S/C16H17N5O2S/c22-8-13(5-12-3-4-24-9-12)6-18-16(23)14-1-2-15(17-7-14)21-10-19-20-11-21/h1-4,7,9-11,13,22H,5-6,8H2,(H,18,23)/t13-/m0/s1. The summed E-state index contributed by atoms with van der Waals surface area (Å²) in [5.41, 5.74) is 1.65. The minimum Gasteiger partial charge on any atom is -0.396 e. The zero-order chi connectivity index (χ0) is 16.8. The second-order valence-corrected chi connectivity index (χ2v) is 6.15. The number of nitrogens with one attached hydrogen (secondary N) is 1. The Morgan fingerprint density at radius 2 is 2.12 bits per heavy atom. The largest absolute Gasteiger partial charge is 0.396 e. The van der Waals surface area contributed by atoms with Crippen molar-refractivity contribution in [2.75, 3.05) is 13.2 Å². The molecule has 3 rings (SSSR count). The van der Waals surface area contributed by atoms with E-state index in [9.17, 15) is 9.90 Å². The first-order valence-corrected chi connectivity index (χ1v) is 8.41. The van der Waals surface area contributed by atoms with Crippen molar-refractivity contribution in [1.29, 1.82) is 0 Å². The minimum atomic E-state index is -0.207. The Labute approximate surface area is 143 Å². The van der Waals surface area contributed by atoms with Crippen LogP contribution in [-0.2, 0) is 6.42 Å². The molecule has 0 aliphatic rings. The average Bonchev–Trinajstić information content (AvgIpc) is 3.32. The van der Waals surface area contributed by atoms with E-state index in [4.69, 9.17) is 0 Å². The molecular formula is C16H17N5O2S. The van der Waals surface area contributed by atoms with Gasteiger partial charge in [0, 0.05) is 25.3 Å². The maximum absolute atomic E-state index is 12.2. The number of pyridine rings is 1. The van der Waals surface area contributed by atoms with Crippen molar-refractivity contribution in [2.24, 2.45) is 5.92 Å². The van der Waals surface area contributed by atoms with Crippen LogP contribution in [0.3, 0.4) is 0 Å². The summed E-state index contributed by atoms with van der Waals surface area (Å²) in [5.74, 6) is 0.427. The number of thiophene rings is 1. The summed E-state index contributed by atoms with van der Waals surface area (Å²) in [7, 11) is 0. The Hall–Kier alpha value is -2.58. The van der Waals surface area contributed by atoms with Gasteiger partial charge in [0.15, 0.2) is 0 Å². The summed E-state index contributed by atoms with van der Waals surface area (Å²) in [5, 5.41) is 23.8. The summed E-state index contributed by atoms with van der Waals surface area (Å²) >= 11 is 1.63. The number of aliphatic hydroxyl groups is 1. The van der Waals surface area contributed by atoms with Gasteiger partial charge in [-0.3, -0.25) is 9.36 Å². The first kappa shape index (κ1) is 16.3. The second kappa shape index (κ2) is 7.80. The predicted molar refractivity (Wildman–Crippen MR) is 90.1 cm³/mol. The topological polar surface area (TPSA) is 92.9 Å². The molecule has 0 spiro atoms. The van der Waals surface area contributed by atoms with Crippen molar-refractivity contribution >= 4 is 17.2 Å². The van der Waals surface area contributed by atoms with E-state index in [1.807, 2.05) is 11.4 Å². The molecule has 7 nitrogen and oxygen atoms in total. The van der Waals surface area contributed by atoms with Crippen LogP contribution in [0.15, 0.2) is 47.8 Å². The van der Waals surface area contributed by atoms with Crippen LogP contribution in [0, 0.1) is 5.92 Å². The van der Waals surface area contributed by atoms with Gasteiger partial charge in [-0.2, -0.15) is 11.3 Å². The van der Waals surface area contributed by atoms with Gasteiger partial charge in [-0.25, -0.2) is 4.98 Å². The lowest BCUT2D eigenvalue weighted by molar-refractivity contribution is 0.0939. The number of amides is 1. The zero-order valence-electron chi connectivity index (χ0n) is 12.9. The third-order valence-corrected chi connectivity index (χ3v) is 4.34. The van der Waals surface area contributed by atoms with Gasteiger partial charge in [0.1, 0.15) is 18.5 Å². The summed E-state index contributed by atoms with van der Waals surface area (Å²) in [6.45, 7) is 0.444. The van der Waals surface area contributed by atoms with Gasteiger partial charge >= 0.3 is 0 Å². The Morgan fingerprint density at radius 1 is 1.29 bits per heavy atom. The first-order valence-electron chi connectivity index (χ1n) is 7.47. The molecular weight excluding hydrogens is 326 g/mol. The van der Waals surface area contributed by atoms with Crippen LogP contribution in [0.25, 0.3) is 5.82 Å². The van der Waals surface area contributed by atoms with Gasteiger partial charge < -0.3 is 10.4 Å². The highest BCUT2D eigenvalue weighted by molar-refractivity contribution is 7.07. The third kappa shape index (κ3) is 4.03. The van der Waals surface area contributed by atoms with Crippen LogP contribution < -0.4 is 5.32 Å². The Morgan fingerprint density at radius 3 is 2.75 bits per heavy atom. The molecule has 2 N–H and O–H groups in total. The second-order valence-electron chi connectivity index (χ2n) is 5.37. The Bertz CT molecular complexity index is 756. The fraction of sp³-hybridized carbons (Fsp3) is 0.250. The molecule has 0 bridgehead atoms. The van der Waals surface area contributed by atoms with Crippen molar-refractivity contribution in [3.8, 4) is 5.82 Å². The molecule has 8 heteroatoms. The lowest BCUT2D eigenvalue weighted by Crippen LogP contribution is -2.31. The molecule has 0 aliphatic carbocycles. The van der Waals surface area contributed by atoms with Crippen LogP contribution in [0.5, 0.6) is 0 Å². The van der Waals surface area contributed by atoms with Gasteiger partial charge in [0.2, 0.25) is 0 Å². The van der Waals surface area contributed by atoms with E-state index in [0.717, 1.165) is 6.42 Å². The fourth-order valence-electron chi connectivity index (χ4n) is 2.27. The number of nitrogens with zero attached hydrogens (tertiary/aromatic N) is 4. The average molecular weight is 343 g/mol. The van der Waals surface area contributed by atoms with E-state index >= 15 is 0 Å². The van der Waals surface area contributed by atoms with Crippen molar-refractivity contribution < 1.29 is 9.90 Å². The van der Waals surface area contributed by atoms with Crippen molar-refractivity contribution in [3.05, 3.63) is 58.9 Å². The van der Waals surface area contributed by atoms with Gasteiger partial charge in [-0.1, -0.05) is 0 Å². The lowest BCUT2D eigenvalue weighted by atomic mass is 10.0. The predicted octanol–water partition coefficient (Wildman–Crippen LogP) is 1.30. The number of hydrogen-bond donors (Lipinski definition) is 2. The third-order valence-electron chi connectivity index (χ3n) is 3.61. The SMILES string of the molecule is O=C(NC[C@@H](CO)Cc1ccsc1)c1ccc(-n2cnnc2)nc1. The van der Waals surface area contributed by atoms with E-state index < -0.39 is 0 Å². The normalized spacial score (nSPS) is 12.0. The molecule has 124 valence electrons. The highest BCUT2D eigenvalue weighted by Gasteiger charge is 2.12. The molecule has 0 saturated heterocycles. The smallest absolute Gasteiger partial charge is 0.252 e. The minimum absolute atomic E-state index is 0.00666. The molecule has 0 fully saturated rings. The van der Waals surface area contributed by atoms with E-state index in [1.165, 1.54) is 11.8 Å². The number of carbonyl (C=O) groups excluding carboxylic acids is 1. The lowest BCUT2D eigenvalue weighted by Gasteiger charge is -2.14. The molecule has 0 aliphatic heterocycles. The quantitative estimate of drug-likeness (QED) is 0.675. The summed E-state index contributed by atoms with van der Waals surface area (Å²) < 4.78 is 1.66. The van der Waals surface area contributed by atoms with Crippen LogP contribution in [0.1, 0.15) is 15.9 Å². The molecule has 0 radical (unpaired) electrons. The highest BCUT2D eigenvalue weighted by atomic mass is 32.1. The van der Waals surface area contributed by atoms with Gasteiger partial charge in [-0.15, -0.1) is 10.2 Å². The van der Waals surface area contributed by atoms with E-state index in [0.29, 0.717) is 17.9 Å². The molecule has 0 unspecified atom stereocenters. The summed E-state index contributed by atoms with van der Waals surface area (Å²) in [6.07, 6.45) is 5.33. The monoisotopic (exact) mass is 343 g/mol. The molecule has 0 saturated carbocycles. The van der Waals surface area contributed by atoms with Crippen molar-refractivity contribution in [1.82, 2.24) is 25.1 Å². The van der Waals surface area contributed by atoms with E-state index in [-0.39, 0.29) is 18.4 Å². The summed E-state index contributed by atoms with van der Waals surface area (Å²) in [6, 6.07) is 5.46. The van der Waals surface area contributed by atoms with Gasteiger partial charge in [0.05, 0.1) is 5.56 Å². The highest BCUT2D eigenvalue weighted by Crippen LogP contribution is 2.12. The summed E-state index contributed by atoms with van der Waals surface area (Å²) in [4.78, 5) is 16.4. The number of hydrogen-bond acceptors (Lipinski definition) is 6. The maximum Gasteiger partial charge on any atom is 0.252 e. The molecule has 0 aromatic carbocycles. The first-order chi connectivity index (χ1) is 11.8. The number of rotatable bonds is 7. The number of carbonyl (C=O) groups is 1. The molecule has 3 aromatic heterocycles. The molecule has 3 heterocycles. The molecule has 3 aromatic rings. The Kier molecular flexibility index (Phi) is 5.29. The molecule has 24 heavy (non-hydrogen) atoms. The maximum atomic E-state index is 12.2. The van der Waals surface area contributed by atoms with Gasteiger partial charge in [0.25, 0.3) is 5.91 Å². The van der Waals surface area contributed by atoms with E-state index in [1.54, 1.807) is 40.7 Å². The van der Waals surface area contributed by atoms with E-state index in [2.05, 4.69) is 25.9 Å². The fourth-order valence-corrected chi connectivity index (χ4v) is 2.96. The molecule has 1 amide bonds.